The molecule has 1 aliphatic heterocycles. The number of carbonyl (C=O) groups excluding carboxylic acids is 1. The van der Waals surface area contributed by atoms with Crippen LogP contribution in [0, 0.1) is 5.92 Å². The van der Waals surface area contributed by atoms with Crippen molar-refractivity contribution in [3.63, 3.8) is 0 Å². The van der Waals surface area contributed by atoms with E-state index in [9.17, 15) is 9.18 Å². The number of carbonyl (C=O) groups is 1. The molecule has 2 aromatic carbocycles. The summed E-state index contributed by atoms with van der Waals surface area (Å²) in [7, 11) is 0. The zero-order chi connectivity index (χ0) is 22.9. The van der Waals surface area contributed by atoms with Gasteiger partial charge < -0.3 is 14.4 Å². The van der Waals surface area contributed by atoms with Gasteiger partial charge in [0.25, 0.3) is 0 Å². The topological polar surface area (TPSA) is 38.8 Å². The number of benzene rings is 2. The maximum Gasteiger partial charge on any atom is 0.370 e. The first kappa shape index (κ1) is 24.5. The van der Waals surface area contributed by atoms with E-state index in [1.165, 1.54) is 31.0 Å². The number of hydrogen-bond acceptors (Lipinski definition) is 6. The smallest absolute Gasteiger partial charge is 0.370 e. The van der Waals surface area contributed by atoms with Crippen LogP contribution in [0.15, 0.2) is 64.3 Å². The predicted molar refractivity (Wildman–Crippen MR) is 132 cm³/mol. The Labute approximate surface area is 198 Å². The molecule has 0 saturated heterocycles. The molecule has 4 nitrogen and oxygen atoms in total. The minimum absolute atomic E-state index is 0.111. The summed E-state index contributed by atoms with van der Waals surface area (Å²) in [5.74, 6) is 0.0453. The molecular formula is C25H30FNO3S2. The van der Waals surface area contributed by atoms with Crippen LogP contribution in [-0.2, 0) is 9.53 Å². The van der Waals surface area contributed by atoms with Crippen LogP contribution in [0.3, 0.4) is 0 Å². The Morgan fingerprint density at radius 2 is 2.06 bits per heavy atom. The Morgan fingerprint density at radius 1 is 1.28 bits per heavy atom. The summed E-state index contributed by atoms with van der Waals surface area (Å²) in [5, 5.41) is 0. The van der Waals surface area contributed by atoms with Crippen LogP contribution in [-0.4, -0.2) is 31.1 Å². The van der Waals surface area contributed by atoms with Crippen molar-refractivity contribution in [1.29, 1.82) is 0 Å². The molecule has 0 spiro atoms. The average molecular weight is 476 g/mol. The zero-order valence-corrected chi connectivity index (χ0v) is 20.4. The molecule has 0 amide bonds. The molecule has 1 heterocycles. The average Bonchev–Trinajstić information content (AvgIpc) is 3.00. The van der Waals surface area contributed by atoms with Gasteiger partial charge in [0.05, 0.1) is 17.2 Å². The van der Waals surface area contributed by atoms with E-state index in [2.05, 4.69) is 46.9 Å². The first-order valence-electron chi connectivity index (χ1n) is 10.9. The van der Waals surface area contributed by atoms with Crippen molar-refractivity contribution in [1.82, 2.24) is 0 Å². The minimum atomic E-state index is -1.05. The van der Waals surface area contributed by atoms with Crippen molar-refractivity contribution in [2.45, 2.75) is 42.9 Å². The van der Waals surface area contributed by atoms with Crippen LogP contribution in [0.25, 0.3) is 0 Å². The van der Waals surface area contributed by atoms with Crippen LogP contribution in [0.1, 0.15) is 33.1 Å². The predicted octanol–water partition coefficient (Wildman–Crippen LogP) is 7.21. The van der Waals surface area contributed by atoms with E-state index in [-0.39, 0.29) is 6.61 Å². The summed E-state index contributed by atoms with van der Waals surface area (Å²) < 4.78 is 24.3. The maximum absolute atomic E-state index is 14.0. The monoisotopic (exact) mass is 475 g/mol. The lowest BCUT2D eigenvalue weighted by molar-refractivity contribution is -0.140. The number of ether oxygens (including phenoxy) is 2. The first-order chi connectivity index (χ1) is 15.6. The van der Waals surface area contributed by atoms with Crippen molar-refractivity contribution in [2.75, 3.05) is 30.1 Å². The third-order valence-corrected chi connectivity index (χ3v) is 7.28. The molecule has 0 saturated carbocycles. The molecule has 7 heteroatoms. The van der Waals surface area contributed by atoms with Gasteiger partial charge >= 0.3 is 5.97 Å². The highest BCUT2D eigenvalue weighted by molar-refractivity contribution is 7.99. The molecule has 0 N–H and O–H groups in total. The number of fused-ring (bicyclic) bond motifs is 1. The van der Waals surface area contributed by atoms with E-state index < -0.39 is 11.8 Å². The Balaban J connectivity index is 1.96. The summed E-state index contributed by atoms with van der Waals surface area (Å²) in [6.45, 7) is 4.92. The number of thioether (sulfide) groups is 2. The number of anilines is 2. The van der Waals surface area contributed by atoms with E-state index in [0.717, 1.165) is 39.7 Å². The summed E-state index contributed by atoms with van der Waals surface area (Å²) in [4.78, 5) is 15.9. The number of para-hydroxylation sites is 1. The number of unbranched alkanes of at least 4 members (excludes halogenated alkanes) is 1. The van der Waals surface area contributed by atoms with Gasteiger partial charge in [0, 0.05) is 22.9 Å². The van der Waals surface area contributed by atoms with Crippen molar-refractivity contribution in [3.05, 3.63) is 54.6 Å². The lowest BCUT2D eigenvalue weighted by atomic mass is 10.0. The van der Waals surface area contributed by atoms with Gasteiger partial charge in [-0.15, -0.1) is 23.5 Å². The van der Waals surface area contributed by atoms with Crippen molar-refractivity contribution < 1.29 is 18.7 Å². The van der Waals surface area contributed by atoms with Crippen molar-refractivity contribution >= 4 is 40.9 Å². The summed E-state index contributed by atoms with van der Waals surface area (Å²) in [5.41, 5.74) is 2.29. The molecular weight excluding hydrogens is 445 g/mol. The van der Waals surface area contributed by atoms with Gasteiger partial charge in [-0.25, -0.2) is 4.79 Å². The van der Waals surface area contributed by atoms with Crippen LogP contribution in [0.5, 0.6) is 5.75 Å². The Bertz CT molecular complexity index is 936. The summed E-state index contributed by atoms with van der Waals surface area (Å²) in [6.07, 6.45) is 6.38. The van der Waals surface area contributed by atoms with Gasteiger partial charge in [0.2, 0.25) is 5.83 Å². The van der Waals surface area contributed by atoms with Crippen molar-refractivity contribution in [2.24, 2.45) is 5.92 Å². The molecule has 1 unspecified atom stereocenters. The number of rotatable bonds is 9. The van der Waals surface area contributed by atoms with E-state index in [1.807, 2.05) is 30.2 Å². The van der Waals surface area contributed by atoms with Gasteiger partial charge in [-0.1, -0.05) is 38.0 Å². The highest BCUT2D eigenvalue weighted by Gasteiger charge is 2.25. The highest BCUT2D eigenvalue weighted by Crippen LogP contribution is 2.45. The molecule has 2 aromatic rings. The Kier molecular flexibility index (Phi) is 9.36. The Morgan fingerprint density at radius 3 is 2.75 bits per heavy atom. The largest absolute Gasteiger partial charge is 0.461 e. The normalized spacial score (nSPS) is 16.3. The van der Waals surface area contributed by atoms with Crippen LogP contribution in [0.4, 0.5) is 15.8 Å². The fourth-order valence-electron chi connectivity index (χ4n) is 3.61. The van der Waals surface area contributed by atoms with Gasteiger partial charge in [-0.3, -0.25) is 0 Å². The third-order valence-electron chi connectivity index (χ3n) is 5.24. The van der Waals surface area contributed by atoms with Crippen LogP contribution in [0.2, 0.25) is 0 Å². The molecule has 3 rings (SSSR count). The van der Waals surface area contributed by atoms with E-state index >= 15 is 0 Å². The number of nitrogens with zero attached hydrogens (tertiary/aromatic N) is 1. The fourth-order valence-corrected chi connectivity index (χ4v) is 5.34. The zero-order valence-electron chi connectivity index (χ0n) is 18.8. The van der Waals surface area contributed by atoms with Gasteiger partial charge in [0.1, 0.15) is 12.0 Å². The molecule has 1 aliphatic rings. The number of hydrogen-bond donors (Lipinski definition) is 0. The van der Waals surface area contributed by atoms with Gasteiger partial charge in [-0.05, 0) is 49.8 Å². The fraction of sp³-hybridized carbons (Fsp3) is 0.400. The second kappa shape index (κ2) is 12.2. The molecule has 0 radical (unpaired) electrons. The van der Waals surface area contributed by atoms with E-state index in [4.69, 9.17) is 4.74 Å². The SMILES string of the molecule is CCCCC1CSc2cc(O/C=C(\F)C(=O)OCC)c(SC)cc2N(c2ccccc2)C1. The molecule has 0 aromatic heterocycles. The van der Waals surface area contributed by atoms with E-state index in [1.54, 1.807) is 6.92 Å². The van der Waals surface area contributed by atoms with E-state index in [0.29, 0.717) is 11.7 Å². The van der Waals surface area contributed by atoms with Gasteiger partial charge in [0.15, 0.2) is 0 Å². The Hall–Kier alpha value is -2.12. The molecule has 0 bridgehead atoms. The van der Waals surface area contributed by atoms with Crippen LogP contribution < -0.4 is 9.64 Å². The third kappa shape index (κ3) is 6.23. The molecule has 32 heavy (non-hydrogen) atoms. The quantitative estimate of drug-likeness (QED) is 0.165. The second-order valence-electron chi connectivity index (χ2n) is 7.54. The second-order valence-corrected chi connectivity index (χ2v) is 9.45. The lowest BCUT2D eigenvalue weighted by Crippen LogP contribution is -2.25. The molecule has 0 fully saturated rings. The standard InChI is InChI=1S/C25H30FNO3S2/c1-4-6-10-18-15-27(19-11-8-7-9-12-19)21-13-24(31-3)22(14-23(21)32-17-18)30-16-20(26)25(28)29-5-2/h7-9,11-14,16,18H,4-6,10,15,17H2,1-3H3/b20-16-. The number of halogens is 1. The minimum Gasteiger partial charge on any atom is -0.461 e. The first-order valence-corrected chi connectivity index (χ1v) is 13.1. The van der Waals surface area contributed by atoms with Crippen molar-refractivity contribution in [3.8, 4) is 5.75 Å². The molecule has 0 aliphatic carbocycles. The van der Waals surface area contributed by atoms with Crippen LogP contribution >= 0.6 is 23.5 Å². The summed E-state index contributed by atoms with van der Waals surface area (Å²) in [6, 6.07) is 14.5. The number of esters is 1. The maximum atomic E-state index is 14.0. The molecule has 1 atom stereocenters. The lowest BCUT2D eigenvalue weighted by Gasteiger charge is -2.28. The highest BCUT2D eigenvalue weighted by atomic mass is 32.2. The summed E-state index contributed by atoms with van der Waals surface area (Å²) >= 11 is 3.34. The van der Waals surface area contributed by atoms with Gasteiger partial charge in [-0.2, -0.15) is 4.39 Å². The molecule has 172 valence electrons.